The number of anilines is 1. The molecule has 0 bridgehead atoms. The standard InChI is InChI=1S/C17H28N7O5P/c1-5-13(6-2)22-29-30(27,23-12(4)17(25)26)10-28-11(3)7-24-9-21-14-15(18)19-8-20-16(14)24/h8-9,11-12H,5-7,10H2,1-4H3,(H,23,27)(H,25,26)(H2,18,19,20). The van der Waals surface area contributed by atoms with Gasteiger partial charge in [0.05, 0.1) is 24.7 Å². The maximum absolute atomic E-state index is 13.1. The number of carboxylic acid groups (broad SMARTS) is 1. The Morgan fingerprint density at radius 1 is 1.33 bits per heavy atom. The van der Waals surface area contributed by atoms with E-state index in [0.29, 0.717) is 36.3 Å². The summed E-state index contributed by atoms with van der Waals surface area (Å²) in [5.41, 5.74) is 7.53. The molecule has 13 heteroatoms. The van der Waals surface area contributed by atoms with Crippen LogP contribution in [0.3, 0.4) is 0 Å². The van der Waals surface area contributed by atoms with E-state index in [1.165, 1.54) is 13.3 Å². The summed E-state index contributed by atoms with van der Waals surface area (Å²) in [6.45, 7) is 7.28. The highest BCUT2D eigenvalue weighted by Gasteiger charge is 2.31. The number of nitrogens with one attached hydrogen (secondary N) is 1. The van der Waals surface area contributed by atoms with Crippen LogP contribution >= 0.6 is 7.52 Å². The first kappa shape index (κ1) is 23.7. The fourth-order valence-electron chi connectivity index (χ4n) is 2.52. The van der Waals surface area contributed by atoms with Crippen LogP contribution in [-0.4, -0.2) is 54.8 Å². The number of hydrogen-bond donors (Lipinski definition) is 3. The van der Waals surface area contributed by atoms with Gasteiger partial charge in [-0.2, -0.15) is 0 Å². The fraction of sp³-hybridized carbons (Fsp3) is 0.588. The lowest BCUT2D eigenvalue weighted by Crippen LogP contribution is -2.33. The summed E-state index contributed by atoms with van der Waals surface area (Å²) in [4.78, 5) is 23.4. The number of nitrogens with zero attached hydrogens (tertiary/aromatic N) is 5. The summed E-state index contributed by atoms with van der Waals surface area (Å²) in [5, 5.41) is 15.6. The molecule has 2 aromatic heterocycles. The van der Waals surface area contributed by atoms with Gasteiger partial charge in [-0.3, -0.25) is 9.36 Å². The third-order valence-electron chi connectivity index (χ3n) is 4.29. The highest BCUT2D eigenvalue weighted by molar-refractivity contribution is 7.56. The molecular weight excluding hydrogens is 413 g/mol. The normalized spacial score (nSPS) is 15.3. The van der Waals surface area contributed by atoms with Crippen LogP contribution < -0.4 is 10.8 Å². The SMILES string of the molecule is CCC(CC)=NOP(=O)(COC(C)Cn1cnc2c(N)ncnc21)NC(C)C(=O)O. The Bertz CT molecular complexity index is 942. The Morgan fingerprint density at radius 2 is 2.03 bits per heavy atom. The Balaban J connectivity index is 2.08. The number of nitrogen functional groups attached to an aromatic ring is 1. The summed E-state index contributed by atoms with van der Waals surface area (Å²) in [6, 6.07) is -1.10. The smallest absolute Gasteiger partial charge is 0.364 e. The molecule has 2 aromatic rings. The topological polar surface area (TPSA) is 167 Å². The Kier molecular flexibility index (Phi) is 8.27. The van der Waals surface area contributed by atoms with Crippen LogP contribution in [0.25, 0.3) is 11.2 Å². The zero-order chi connectivity index (χ0) is 22.3. The number of hydrogen-bond acceptors (Lipinski definition) is 9. The minimum atomic E-state index is -3.72. The van der Waals surface area contributed by atoms with Crippen LogP contribution in [-0.2, 0) is 25.3 Å². The lowest BCUT2D eigenvalue weighted by molar-refractivity contribution is -0.138. The van der Waals surface area contributed by atoms with Gasteiger partial charge in [0.15, 0.2) is 11.5 Å². The third kappa shape index (κ3) is 6.22. The van der Waals surface area contributed by atoms with Crippen molar-refractivity contribution in [2.45, 2.75) is 59.2 Å². The first-order valence-corrected chi connectivity index (χ1v) is 11.4. The second-order valence-electron chi connectivity index (χ2n) is 6.74. The van der Waals surface area contributed by atoms with Crippen molar-refractivity contribution in [3.05, 3.63) is 12.7 Å². The van der Waals surface area contributed by atoms with Crippen molar-refractivity contribution in [1.29, 1.82) is 0 Å². The van der Waals surface area contributed by atoms with E-state index < -0.39 is 25.6 Å². The van der Waals surface area contributed by atoms with Gasteiger partial charge >= 0.3 is 13.5 Å². The molecule has 4 N–H and O–H groups in total. The van der Waals surface area contributed by atoms with Crippen molar-refractivity contribution in [3.8, 4) is 0 Å². The van der Waals surface area contributed by atoms with Crippen LogP contribution in [0.4, 0.5) is 5.82 Å². The summed E-state index contributed by atoms with van der Waals surface area (Å²) in [6.07, 6.45) is 3.38. The van der Waals surface area contributed by atoms with Crippen LogP contribution in [0.1, 0.15) is 40.5 Å². The van der Waals surface area contributed by atoms with Gasteiger partial charge in [-0.15, -0.1) is 0 Å². The molecule has 0 aliphatic carbocycles. The van der Waals surface area contributed by atoms with Gasteiger partial charge in [0.2, 0.25) is 0 Å². The quantitative estimate of drug-likeness (QED) is 0.252. The summed E-state index contributed by atoms with van der Waals surface area (Å²) in [7, 11) is -3.72. The second kappa shape index (κ2) is 10.5. The molecule has 0 aliphatic heterocycles. The fourth-order valence-corrected chi connectivity index (χ4v) is 4.09. The first-order chi connectivity index (χ1) is 14.2. The number of fused-ring (bicyclic) bond motifs is 1. The molecule has 12 nitrogen and oxygen atoms in total. The average Bonchev–Trinajstić information content (AvgIpc) is 3.11. The summed E-state index contributed by atoms with van der Waals surface area (Å²) >= 11 is 0. The number of rotatable bonds is 12. The molecule has 2 heterocycles. The lowest BCUT2D eigenvalue weighted by Gasteiger charge is -2.22. The number of ether oxygens (including phenoxy) is 1. The lowest BCUT2D eigenvalue weighted by atomic mass is 10.2. The monoisotopic (exact) mass is 441 g/mol. The van der Waals surface area contributed by atoms with Crippen molar-refractivity contribution in [3.63, 3.8) is 0 Å². The number of imidazole rings is 1. The largest absolute Gasteiger partial charge is 0.480 e. The van der Waals surface area contributed by atoms with Crippen molar-refractivity contribution in [2.75, 3.05) is 12.1 Å². The molecule has 166 valence electrons. The van der Waals surface area contributed by atoms with Crippen LogP contribution in [0.5, 0.6) is 0 Å². The van der Waals surface area contributed by atoms with E-state index in [0.717, 1.165) is 0 Å². The number of aromatic nitrogens is 4. The van der Waals surface area contributed by atoms with Gasteiger partial charge in [0.1, 0.15) is 24.2 Å². The zero-order valence-electron chi connectivity index (χ0n) is 17.5. The molecule has 30 heavy (non-hydrogen) atoms. The van der Waals surface area contributed by atoms with E-state index >= 15 is 0 Å². The van der Waals surface area contributed by atoms with Gasteiger partial charge in [-0.25, -0.2) is 20.0 Å². The molecular formula is C17H28N7O5P. The highest BCUT2D eigenvalue weighted by atomic mass is 31.2. The Morgan fingerprint density at radius 3 is 2.67 bits per heavy atom. The number of carbonyl (C=O) groups is 1. The maximum Gasteiger partial charge on any atom is 0.364 e. The van der Waals surface area contributed by atoms with Gasteiger partial charge in [0.25, 0.3) is 0 Å². The molecule has 0 aromatic carbocycles. The minimum Gasteiger partial charge on any atom is -0.480 e. The van der Waals surface area contributed by atoms with E-state index in [2.05, 4.69) is 25.2 Å². The molecule has 3 unspecified atom stereocenters. The van der Waals surface area contributed by atoms with Gasteiger partial charge in [0, 0.05) is 0 Å². The van der Waals surface area contributed by atoms with E-state index in [1.54, 1.807) is 17.8 Å². The van der Waals surface area contributed by atoms with Gasteiger partial charge in [-0.1, -0.05) is 19.0 Å². The molecule has 3 atom stereocenters. The molecule has 0 radical (unpaired) electrons. The number of nitrogens with two attached hydrogens (primary N) is 1. The Hall–Kier alpha value is -2.56. The van der Waals surface area contributed by atoms with E-state index in [9.17, 15) is 9.36 Å². The van der Waals surface area contributed by atoms with Crippen molar-refractivity contribution in [2.24, 2.45) is 5.16 Å². The van der Waals surface area contributed by atoms with Crippen molar-refractivity contribution >= 4 is 36.2 Å². The van der Waals surface area contributed by atoms with Crippen LogP contribution in [0.2, 0.25) is 0 Å². The molecule has 0 amide bonds. The zero-order valence-corrected chi connectivity index (χ0v) is 18.4. The first-order valence-electron chi connectivity index (χ1n) is 9.56. The second-order valence-corrected chi connectivity index (χ2v) is 8.77. The summed E-state index contributed by atoms with van der Waals surface area (Å²) in [5.74, 6) is -0.887. The molecule has 0 spiro atoms. The van der Waals surface area contributed by atoms with Crippen LogP contribution in [0.15, 0.2) is 17.8 Å². The average molecular weight is 441 g/mol. The third-order valence-corrected chi connectivity index (χ3v) is 5.91. The van der Waals surface area contributed by atoms with Gasteiger partial charge < -0.3 is 24.8 Å². The van der Waals surface area contributed by atoms with E-state index in [1.807, 2.05) is 13.8 Å². The maximum atomic E-state index is 13.1. The molecule has 2 rings (SSSR count). The highest BCUT2D eigenvalue weighted by Crippen LogP contribution is 2.44. The molecule has 0 aliphatic rings. The summed E-state index contributed by atoms with van der Waals surface area (Å²) < 4.78 is 25.8. The predicted octanol–water partition coefficient (Wildman–Crippen LogP) is 2.22. The molecule has 0 saturated carbocycles. The Labute approximate surface area is 174 Å². The van der Waals surface area contributed by atoms with Crippen molar-refractivity contribution < 1.29 is 23.8 Å². The number of aliphatic carboxylic acids is 1. The number of oxime groups is 1. The molecule has 0 fully saturated rings. The van der Waals surface area contributed by atoms with Gasteiger partial charge in [-0.05, 0) is 26.7 Å². The number of carboxylic acids is 1. The molecule has 0 saturated heterocycles. The van der Waals surface area contributed by atoms with E-state index in [-0.39, 0.29) is 12.2 Å². The minimum absolute atomic E-state index is 0.276. The van der Waals surface area contributed by atoms with E-state index in [4.69, 9.17) is 20.2 Å². The van der Waals surface area contributed by atoms with Crippen LogP contribution in [0, 0.1) is 0 Å². The predicted molar refractivity (Wildman–Crippen MR) is 112 cm³/mol. The van der Waals surface area contributed by atoms with Crippen molar-refractivity contribution in [1.82, 2.24) is 24.6 Å².